The maximum Gasteiger partial charge on any atom is 0.217 e. The zero-order valence-corrected chi connectivity index (χ0v) is 61.7. The summed E-state index contributed by atoms with van der Waals surface area (Å²) in [6.45, 7) is 10.7. The Kier molecular flexibility index (Phi) is 30.6. The molecule has 2 amide bonds. The molecule has 0 aliphatic carbocycles. The number of aliphatic hydroxyl groups is 21. The van der Waals surface area contributed by atoms with E-state index in [9.17, 15) is 117 Å². The number of hydrogen-bond donors (Lipinski definition) is 23. The summed E-state index contributed by atoms with van der Waals surface area (Å²) in [4.78, 5) is 25.2. The number of carbonyl (C=O) groups is 2. The number of amides is 2. The van der Waals surface area contributed by atoms with Crippen molar-refractivity contribution in [3.8, 4) is 0 Å². The van der Waals surface area contributed by atoms with E-state index in [1.165, 1.54) is 62.5 Å². The summed E-state index contributed by atoms with van der Waals surface area (Å²) >= 11 is 0. The summed E-state index contributed by atoms with van der Waals surface area (Å²) < 4.78 is 121. The van der Waals surface area contributed by atoms with Crippen LogP contribution in [-0.4, -0.2) is 446 Å². The van der Waals surface area contributed by atoms with E-state index in [4.69, 9.17) is 94.7 Å². The Morgan fingerprint density at radius 2 is 0.482 bits per heavy atom. The first-order valence-corrected chi connectivity index (χ1v) is 36.4. The van der Waals surface area contributed by atoms with Gasteiger partial charge in [-0.3, -0.25) is 9.59 Å². The van der Waals surface area contributed by atoms with E-state index in [2.05, 4.69) is 10.6 Å². The molecule has 10 aliphatic rings. The molecule has 45 nitrogen and oxygen atoms in total. The van der Waals surface area contributed by atoms with Crippen LogP contribution in [0.3, 0.4) is 0 Å². The molecule has 10 heterocycles. The Labute approximate surface area is 628 Å². The molecule has 10 saturated heterocycles. The fraction of sp³-hybridized carbons (Fsp3) is 0.969. The predicted molar refractivity (Wildman–Crippen MR) is 346 cm³/mol. The third kappa shape index (κ3) is 18.7. The van der Waals surface area contributed by atoms with Crippen LogP contribution in [0.2, 0.25) is 0 Å². The highest BCUT2D eigenvalue weighted by molar-refractivity contribution is 5.73. The summed E-state index contributed by atoms with van der Waals surface area (Å²) in [7, 11) is 1.21. The van der Waals surface area contributed by atoms with Crippen molar-refractivity contribution in [2.75, 3.05) is 20.3 Å². The largest absolute Gasteiger partial charge is 0.394 e. The third-order valence-electron chi connectivity index (χ3n) is 21.6. The zero-order valence-electron chi connectivity index (χ0n) is 61.7. The number of carbonyl (C=O) groups excluding carboxylic acids is 2. The number of hydrogen-bond acceptors (Lipinski definition) is 43. The molecule has 0 aromatic heterocycles. The Hall–Kier alpha value is -2.70. The summed E-state index contributed by atoms with van der Waals surface area (Å²) in [5, 5.41) is 245. The quantitative estimate of drug-likeness (QED) is 0.0452. The maximum atomic E-state index is 12.7. The molecule has 0 unspecified atom stereocenters. The van der Waals surface area contributed by atoms with Gasteiger partial charge in [-0.15, -0.1) is 0 Å². The lowest BCUT2D eigenvalue weighted by atomic mass is 9.94. The molecule has 10 rings (SSSR count). The SMILES string of the molecule is CO[C@@H]1O[C@@H](C)[C@H](O)[C@@H](O[C@@H]2O[C@@H](C)[C@H](O)[C@@H](O[C@@H]3O[C@@H](C)[C@H](O)[C@@H](O[C@@H]4O[C@H](CO)[C@@H](O)[C@H](O)[C@H]4NC(C)=O)[C@H]3O[C@@H]3O[C@@H](C)[C@H](O)[C@@H](O)[C@H]3O[C@@H]3O[C@@H](C)[C@H](O)[C@@H](O[C@@H]4O[C@@H](C)[C@H](O)[C@@H](O[C@@H]5O[C@@H](C)[C@H](O)[C@@H](O[C@@H]6O[C@H](CO)[C@@H](O)[C@H](O)[C@H]6NC(C)=O)[C@H]5O[C@@H]5O[C@@H](C)[C@H](O)[C@@H](O)[C@H]5O)[C@H]4O)[C@H]3O)[C@H]2O)[C@H]1O. The maximum absolute atomic E-state index is 12.7. The van der Waals surface area contributed by atoms with Gasteiger partial charge in [0.15, 0.2) is 62.9 Å². The smallest absolute Gasteiger partial charge is 0.217 e. The molecule has 638 valence electrons. The minimum atomic E-state index is -2.29. The lowest BCUT2D eigenvalue weighted by Crippen LogP contribution is -2.70. The summed E-state index contributed by atoms with van der Waals surface area (Å²) in [5.41, 5.74) is 0. The fourth-order valence-electron chi connectivity index (χ4n) is 14.9. The standard InChI is InChI=1S/C65H110N2O43/c1-14-28(72)40(84)42(86)59(93-14)109-54-51(106-56-26(66-22(9)70)38(82)36(80)24(12-68)100-56)34(78)20(7)98-64(54)104-49-32(76)19(6)95-61(46(49)90)103-48-31(75)17(4)96-62(44(48)88)108-53-41(85)29(73)15(2)97-63(53)110-55-52(107-57-27(67-23(10)71)39(83)37(81)25(13-69)101-57)35(79)21(8)99-65(55)105-50-33(77)18(5)94-60(45(50)89)102-47-30(74)16(3)92-58(91-11)43(47)87/h14-21,24-65,68-69,72-90H,12-13H2,1-11H3,(H,66,70)(H,67,71)/t14-,15-,16-,17-,18-,19-,20-,21-,24+,25+,26+,27+,28-,29-,30-,31-,32-,33-,34-,35-,36+,37+,38+,39+,40+,41+,42+,43+,44+,45+,46+,47+,48+,49+,50+,51+,52+,53+,54+,55+,56-,57-,58+,59-,60-,61-,62-,63-,64-,65-/m0/s1. The first-order valence-electron chi connectivity index (χ1n) is 36.4. The molecule has 0 radical (unpaired) electrons. The number of ether oxygens (including phenoxy) is 20. The van der Waals surface area contributed by atoms with Crippen LogP contribution in [-0.2, 0) is 104 Å². The van der Waals surface area contributed by atoms with Crippen LogP contribution >= 0.6 is 0 Å². The second-order valence-electron chi connectivity index (χ2n) is 29.5. The summed E-state index contributed by atoms with van der Waals surface area (Å²) in [6.07, 6.45) is -88.0. The van der Waals surface area contributed by atoms with E-state index in [0.29, 0.717) is 0 Å². The van der Waals surface area contributed by atoms with Crippen LogP contribution in [0.15, 0.2) is 0 Å². The molecule has 0 aromatic rings. The van der Waals surface area contributed by atoms with Crippen molar-refractivity contribution in [3.05, 3.63) is 0 Å². The third-order valence-corrected chi connectivity index (χ3v) is 21.6. The second-order valence-corrected chi connectivity index (χ2v) is 29.5. The van der Waals surface area contributed by atoms with E-state index < -0.39 is 332 Å². The molecular formula is C65H110N2O43. The van der Waals surface area contributed by atoms with Crippen LogP contribution in [0.1, 0.15) is 69.2 Å². The Morgan fingerprint density at radius 1 is 0.245 bits per heavy atom. The first kappa shape index (κ1) is 89.6. The minimum absolute atomic E-state index is 0.777. The average Bonchev–Trinajstić information content (AvgIpc) is 0.765. The topological polar surface area (TPSA) is 668 Å². The molecule has 0 bridgehead atoms. The molecule has 0 aromatic carbocycles. The van der Waals surface area contributed by atoms with Crippen LogP contribution in [0.25, 0.3) is 0 Å². The van der Waals surface area contributed by atoms with Crippen LogP contribution < -0.4 is 10.6 Å². The highest BCUT2D eigenvalue weighted by Crippen LogP contribution is 2.42. The molecule has 0 spiro atoms. The van der Waals surface area contributed by atoms with Gasteiger partial charge < -0.3 is 213 Å². The highest BCUT2D eigenvalue weighted by Gasteiger charge is 2.62. The van der Waals surface area contributed by atoms with E-state index >= 15 is 0 Å². The molecule has 10 aliphatic heterocycles. The van der Waals surface area contributed by atoms with Gasteiger partial charge in [0, 0.05) is 21.0 Å². The van der Waals surface area contributed by atoms with Crippen molar-refractivity contribution in [1.29, 1.82) is 0 Å². The molecule has 110 heavy (non-hydrogen) atoms. The van der Waals surface area contributed by atoms with Gasteiger partial charge >= 0.3 is 0 Å². The van der Waals surface area contributed by atoms with Gasteiger partial charge in [0.1, 0.15) is 195 Å². The monoisotopic (exact) mass is 1610 g/mol. The summed E-state index contributed by atoms with van der Waals surface area (Å²) in [5.74, 6) is -1.58. The minimum Gasteiger partial charge on any atom is -0.394 e. The van der Waals surface area contributed by atoms with Crippen LogP contribution in [0, 0.1) is 0 Å². The number of rotatable bonds is 23. The van der Waals surface area contributed by atoms with E-state index in [-0.39, 0.29) is 0 Å². The highest BCUT2D eigenvalue weighted by atomic mass is 16.8. The van der Waals surface area contributed by atoms with Crippen molar-refractivity contribution in [1.82, 2.24) is 10.6 Å². The zero-order chi connectivity index (χ0) is 81.0. The molecule has 0 saturated carbocycles. The molecule has 45 heteroatoms. The number of aliphatic hydroxyl groups excluding tert-OH is 21. The molecular weight excluding hydrogens is 1500 g/mol. The molecule has 23 N–H and O–H groups in total. The lowest BCUT2D eigenvalue weighted by molar-refractivity contribution is -0.415. The second kappa shape index (κ2) is 37.5. The lowest BCUT2D eigenvalue weighted by Gasteiger charge is -2.52. The number of nitrogens with one attached hydrogen (secondary N) is 2. The van der Waals surface area contributed by atoms with Crippen LogP contribution in [0.5, 0.6) is 0 Å². The van der Waals surface area contributed by atoms with E-state index in [0.717, 1.165) is 13.8 Å². The van der Waals surface area contributed by atoms with Gasteiger partial charge in [0.05, 0.1) is 62.0 Å². The van der Waals surface area contributed by atoms with Crippen LogP contribution in [0.4, 0.5) is 0 Å². The van der Waals surface area contributed by atoms with Crippen molar-refractivity contribution in [2.45, 2.75) is 376 Å². The van der Waals surface area contributed by atoms with Gasteiger partial charge in [-0.1, -0.05) is 0 Å². The molecule has 50 atom stereocenters. The van der Waals surface area contributed by atoms with Crippen molar-refractivity contribution in [2.24, 2.45) is 0 Å². The normalized spacial score (nSPS) is 54.0. The van der Waals surface area contributed by atoms with Gasteiger partial charge in [-0.25, -0.2) is 0 Å². The Balaban J connectivity index is 0.936. The van der Waals surface area contributed by atoms with E-state index in [1.807, 2.05) is 0 Å². The van der Waals surface area contributed by atoms with Gasteiger partial charge in [0.25, 0.3) is 0 Å². The molecule has 10 fully saturated rings. The predicted octanol–water partition coefficient (Wildman–Crippen LogP) is -13.6. The number of methoxy groups -OCH3 is 1. The summed E-state index contributed by atoms with van der Waals surface area (Å²) in [6, 6.07) is -3.36. The van der Waals surface area contributed by atoms with Gasteiger partial charge in [-0.05, 0) is 55.4 Å². The van der Waals surface area contributed by atoms with E-state index in [1.54, 1.807) is 0 Å². The van der Waals surface area contributed by atoms with Crippen molar-refractivity contribution < 1.29 is 212 Å². The Bertz CT molecular complexity index is 2920. The fourth-order valence-corrected chi connectivity index (χ4v) is 14.9. The van der Waals surface area contributed by atoms with Gasteiger partial charge in [-0.2, -0.15) is 0 Å². The average molecular weight is 1610 g/mol. The van der Waals surface area contributed by atoms with Crippen molar-refractivity contribution >= 4 is 11.8 Å². The van der Waals surface area contributed by atoms with Gasteiger partial charge in [0.2, 0.25) is 11.8 Å². The Morgan fingerprint density at radius 3 is 0.809 bits per heavy atom. The van der Waals surface area contributed by atoms with Crippen molar-refractivity contribution in [3.63, 3.8) is 0 Å². The first-order chi connectivity index (χ1) is 51.7.